The first-order valence-electron chi connectivity index (χ1n) is 8.95. The number of hydrogen-bond donors (Lipinski definition) is 0. The van der Waals surface area contributed by atoms with E-state index in [1.165, 1.54) is 4.90 Å². The van der Waals surface area contributed by atoms with Gasteiger partial charge >= 0.3 is 0 Å². The zero-order valence-corrected chi connectivity index (χ0v) is 16.9. The number of anilines is 1. The molecule has 3 amide bonds. The summed E-state index contributed by atoms with van der Waals surface area (Å²) in [6.45, 7) is -0.111. The summed E-state index contributed by atoms with van der Waals surface area (Å²) in [6.07, 6.45) is 1.66. The molecule has 1 aliphatic heterocycles. The van der Waals surface area contributed by atoms with Crippen LogP contribution in [0.1, 0.15) is 26.4 Å². The topological polar surface area (TPSA) is 70.6 Å². The molecule has 0 saturated carbocycles. The number of hydrogen-bond acceptors (Lipinski definition) is 4. The van der Waals surface area contributed by atoms with Crippen LogP contribution in [0, 0.1) is 0 Å². The molecule has 2 aromatic carbocycles. The van der Waals surface area contributed by atoms with Crippen LogP contribution in [0.5, 0.6) is 0 Å². The molecule has 0 atom stereocenters. The summed E-state index contributed by atoms with van der Waals surface area (Å²) in [7, 11) is 0. The summed E-state index contributed by atoms with van der Waals surface area (Å²) < 4.78 is 0.881. The van der Waals surface area contributed by atoms with E-state index < -0.39 is 11.8 Å². The SMILES string of the molecule is O=C1c2ccccc2C(=O)N1CC(=O)N(Cc1ccccn1)c1ccc(Br)cc1. The monoisotopic (exact) mass is 449 g/mol. The number of amides is 3. The Bertz CT molecular complexity index is 1050. The predicted molar refractivity (Wildman–Crippen MR) is 111 cm³/mol. The van der Waals surface area contributed by atoms with Gasteiger partial charge in [-0.15, -0.1) is 0 Å². The lowest BCUT2D eigenvalue weighted by molar-refractivity contribution is -0.119. The van der Waals surface area contributed by atoms with Gasteiger partial charge in [-0.2, -0.15) is 0 Å². The van der Waals surface area contributed by atoms with E-state index in [9.17, 15) is 14.4 Å². The normalized spacial score (nSPS) is 12.8. The highest BCUT2D eigenvalue weighted by Gasteiger charge is 2.37. The number of fused-ring (bicyclic) bond motifs is 1. The fourth-order valence-electron chi connectivity index (χ4n) is 3.20. The van der Waals surface area contributed by atoms with E-state index in [2.05, 4.69) is 20.9 Å². The van der Waals surface area contributed by atoms with E-state index in [0.29, 0.717) is 22.5 Å². The molecular formula is C22H16BrN3O3. The molecule has 0 bridgehead atoms. The van der Waals surface area contributed by atoms with Crippen molar-refractivity contribution in [2.24, 2.45) is 0 Å². The third-order valence-electron chi connectivity index (χ3n) is 4.66. The molecule has 0 spiro atoms. The third-order valence-corrected chi connectivity index (χ3v) is 5.19. The molecule has 0 saturated heterocycles. The Balaban J connectivity index is 1.61. The molecule has 4 rings (SSSR count). The summed E-state index contributed by atoms with van der Waals surface area (Å²) >= 11 is 3.39. The summed E-state index contributed by atoms with van der Waals surface area (Å²) in [5.41, 5.74) is 2.00. The van der Waals surface area contributed by atoms with Gasteiger partial charge in [0.1, 0.15) is 6.54 Å². The van der Waals surface area contributed by atoms with Crippen molar-refractivity contribution >= 4 is 39.3 Å². The first-order valence-corrected chi connectivity index (χ1v) is 9.75. The number of carbonyl (C=O) groups is 3. The summed E-state index contributed by atoms with van der Waals surface area (Å²) in [5, 5.41) is 0. The quantitative estimate of drug-likeness (QED) is 0.557. The van der Waals surface area contributed by atoms with Crippen LogP contribution in [0.3, 0.4) is 0 Å². The smallest absolute Gasteiger partial charge is 0.262 e. The maximum atomic E-state index is 13.2. The van der Waals surface area contributed by atoms with Gasteiger partial charge in [0, 0.05) is 16.4 Å². The van der Waals surface area contributed by atoms with Crippen molar-refractivity contribution in [3.63, 3.8) is 0 Å². The molecule has 2 heterocycles. The predicted octanol–water partition coefficient (Wildman–Crippen LogP) is 3.67. The van der Waals surface area contributed by atoms with Gasteiger partial charge in [0.15, 0.2) is 0 Å². The summed E-state index contributed by atoms with van der Waals surface area (Å²) in [4.78, 5) is 45.2. The van der Waals surface area contributed by atoms with Crippen LogP contribution in [-0.2, 0) is 11.3 Å². The number of benzene rings is 2. The second-order valence-corrected chi connectivity index (χ2v) is 7.44. The number of pyridine rings is 1. The molecule has 7 heteroatoms. The van der Waals surface area contributed by atoms with Crippen LogP contribution in [0.2, 0.25) is 0 Å². The summed E-state index contributed by atoms with van der Waals surface area (Å²) in [5.74, 6) is -1.27. The minimum Gasteiger partial charge on any atom is -0.305 e. The van der Waals surface area contributed by atoms with Crippen molar-refractivity contribution in [3.05, 3.63) is 94.2 Å². The third kappa shape index (κ3) is 3.82. The van der Waals surface area contributed by atoms with E-state index in [4.69, 9.17) is 0 Å². The maximum absolute atomic E-state index is 13.2. The molecule has 144 valence electrons. The van der Waals surface area contributed by atoms with Crippen molar-refractivity contribution in [2.75, 3.05) is 11.4 Å². The minimum atomic E-state index is -0.451. The zero-order chi connectivity index (χ0) is 20.4. The number of carbonyl (C=O) groups excluding carboxylic acids is 3. The average molecular weight is 450 g/mol. The Labute approximate surface area is 175 Å². The molecule has 29 heavy (non-hydrogen) atoms. The molecule has 1 aromatic heterocycles. The van der Waals surface area contributed by atoms with Crippen molar-refractivity contribution < 1.29 is 14.4 Å². The summed E-state index contributed by atoms with van der Waals surface area (Å²) in [6, 6.07) is 19.3. The highest BCUT2D eigenvalue weighted by atomic mass is 79.9. The molecular weight excluding hydrogens is 434 g/mol. The maximum Gasteiger partial charge on any atom is 0.262 e. The van der Waals surface area contributed by atoms with Crippen LogP contribution in [0.4, 0.5) is 5.69 Å². The van der Waals surface area contributed by atoms with Gasteiger partial charge in [0.25, 0.3) is 11.8 Å². The largest absolute Gasteiger partial charge is 0.305 e. The van der Waals surface area contributed by atoms with Gasteiger partial charge in [0.05, 0.1) is 23.4 Å². The first-order chi connectivity index (χ1) is 14.0. The van der Waals surface area contributed by atoms with Crippen molar-refractivity contribution in [2.45, 2.75) is 6.54 Å². The lowest BCUT2D eigenvalue weighted by atomic mass is 10.1. The average Bonchev–Trinajstić information content (AvgIpc) is 2.98. The van der Waals surface area contributed by atoms with Gasteiger partial charge < -0.3 is 4.90 Å². The van der Waals surface area contributed by atoms with E-state index in [0.717, 1.165) is 9.37 Å². The van der Waals surface area contributed by atoms with Gasteiger partial charge in [-0.3, -0.25) is 24.3 Å². The van der Waals surface area contributed by atoms with Crippen LogP contribution in [0.15, 0.2) is 77.4 Å². The second-order valence-electron chi connectivity index (χ2n) is 6.52. The minimum absolute atomic E-state index is 0.227. The highest BCUT2D eigenvalue weighted by molar-refractivity contribution is 9.10. The van der Waals surface area contributed by atoms with Gasteiger partial charge in [-0.25, -0.2) is 0 Å². The van der Waals surface area contributed by atoms with E-state index in [1.807, 2.05) is 24.3 Å². The second kappa shape index (κ2) is 7.97. The molecule has 0 radical (unpaired) electrons. The van der Waals surface area contributed by atoms with Crippen molar-refractivity contribution in [1.29, 1.82) is 0 Å². The molecule has 0 unspecified atom stereocenters. The molecule has 0 fully saturated rings. The van der Waals surface area contributed by atoms with Crippen molar-refractivity contribution in [3.8, 4) is 0 Å². The lowest BCUT2D eigenvalue weighted by Crippen LogP contribution is -2.42. The lowest BCUT2D eigenvalue weighted by Gasteiger charge is -2.25. The van der Waals surface area contributed by atoms with Crippen molar-refractivity contribution in [1.82, 2.24) is 9.88 Å². The van der Waals surface area contributed by atoms with E-state index in [1.54, 1.807) is 48.7 Å². The van der Waals surface area contributed by atoms with Crippen LogP contribution < -0.4 is 4.90 Å². The van der Waals surface area contributed by atoms with Gasteiger partial charge in [-0.1, -0.05) is 34.1 Å². The fraction of sp³-hybridized carbons (Fsp3) is 0.0909. The first kappa shape index (κ1) is 19.0. The number of rotatable bonds is 5. The number of nitrogens with zero attached hydrogens (tertiary/aromatic N) is 3. The Morgan fingerprint density at radius 3 is 2.10 bits per heavy atom. The molecule has 0 N–H and O–H groups in total. The zero-order valence-electron chi connectivity index (χ0n) is 15.3. The Morgan fingerprint density at radius 2 is 1.52 bits per heavy atom. The molecule has 0 aliphatic carbocycles. The number of halogens is 1. The number of imide groups is 1. The molecule has 1 aliphatic rings. The molecule has 6 nitrogen and oxygen atoms in total. The molecule has 3 aromatic rings. The highest BCUT2D eigenvalue weighted by Crippen LogP contribution is 2.24. The Morgan fingerprint density at radius 1 is 0.897 bits per heavy atom. The van der Waals surface area contributed by atoms with Gasteiger partial charge in [-0.05, 0) is 48.5 Å². The van der Waals surface area contributed by atoms with Crippen LogP contribution in [0.25, 0.3) is 0 Å². The van der Waals surface area contributed by atoms with E-state index >= 15 is 0 Å². The Hall–Kier alpha value is -3.32. The van der Waals surface area contributed by atoms with Crippen LogP contribution >= 0.6 is 15.9 Å². The van der Waals surface area contributed by atoms with Gasteiger partial charge in [0.2, 0.25) is 5.91 Å². The Kier molecular flexibility index (Phi) is 5.22. The van der Waals surface area contributed by atoms with Crippen LogP contribution in [-0.4, -0.2) is 34.2 Å². The standard InChI is InChI=1S/C22H16BrN3O3/c23-15-8-10-17(11-9-15)25(13-16-5-3-4-12-24-16)20(27)14-26-21(28)18-6-1-2-7-19(18)22(26)29/h1-12H,13-14H2. The number of aromatic nitrogens is 1. The fourth-order valence-corrected chi connectivity index (χ4v) is 3.47. The van der Waals surface area contributed by atoms with E-state index in [-0.39, 0.29) is 19.0 Å².